The maximum Gasteiger partial charge on any atom is 0.341 e. The molecule has 1 heterocycles. The van der Waals surface area contributed by atoms with Crippen molar-refractivity contribution in [2.24, 2.45) is 11.3 Å². The molecule has 2 aliphatic carbocycles. The molecule has 0 amide bonds. The minimum atomic E-state index is -1.31. The lowest BCUT2D eigenvalue weighted by molar-refractivity contribution is -0.206. The van der Waals surface area contributed by atoms with Crippen LogP contribution >= 0.6 is 0 Å². The average molecular weight is 394 g/mol. The summed E-state index contributed by atoms with van der Waals surface area (Å²) in [5.41, 5.74) is -3.60. The molecule has 1 saturated heterocycles. The molecule has 0 aromatic heterocycles. The fourth-order valence-electron chi connectivity index (χ4n) is 4.85. The van der Waals surface area contributed by atoms with Gasteiger partial charge in [-0.3, -0.25) is 9.59 Å². The van der Waals surface area contributed by atoms with E-state index in [1.807, 2.05) is 6.92 Å². The Labute approximate surface area is 165 Å². The molecule has 0 aromatic carbocycles. The van der Waals surface area contributed by atoms with Crippen molar-refractivity contribution in [2.45, 2.75) is 89.8 Å². The fourth-order valence-corrected chi connectivity index (χ4v) is 4.85. The number of rotatable bonds is 5. The van der Waals surface area contributed by atoms with E-state index in [-0.39, 0.29) is 24.2 Å². The smallest absolute Gasteiger partial charge is 0.341 e. The molecule has 0 radical (unpaired) electrons. The van der Waals surface area contributed by atoms with E-state index in [0.29, 0.717) is 24.9 Å². The van der Waals surface area contributed by atoms with Crippen molar-refractivity contribution < 1.29 is 33.7 Å². The molecule has 3 aliphatic rings. The predicted octanol–water partition coefficient (Wildman–Crippen LogP) is 2.09. The lowest BCUT2D eigenvalue weighted by Gasteiger charge is -2.54. The van der Waals surface area contributed by atoms with Crippen LogP contribution in [0.3, 0.4) is 0 Å². The molecule has 7 nitrogen and oxygen atoms in total. The van der Waals surface area contributed by atoms with Gasteiger partial charge in [0, 0.05) is 17.9 Å². The Kier molecular flexibility index (Phi) is 4.79. The van der Waals surface area contributed by atoms with Crippen molar-refractivity contribution in [2.75, 3.05) is 0 Å². The highest BCUT2D eigenvalue weighted by molar-refractivity contribution is 5.98. The summed E-state index contributed by atoms with van der Waals surface area (Å²) in [6.07, 6.45) is 2.15. The van der Waals surface area contributed by atoms with Gasteiger partial charge >= 0.3 is 5.97 Å². The quantitative estimate of drug-likeness (QED) is 0.433. The maximum atomic E-state index is 12.7. The number of Topliss-reactive ketones (excluding diaryl/α,β-unsaturated/α-hetero) is 1. The van der Waals surface area contributed by atoms with Gasteiger partial charge < -0.3 is 19.3 Å². The SMILES string of the molecule is CC1OC1(C)C(=O)OC1CCC2(C)CC(=O)C(C(C)(C)O)=CC2C1(C)OC=O. The third kappa shape index (κ3) is 3.18. The number of ketones is 1. The fraction of sp³-hybridized carbons (Fsp3) is 0.762. The van der Waals surface area contributed by atoms with E-state index in [0.717, 1.165) is 0 Å². The lowest BCUT2D eigenvalue weighted by atomic mass is 9.54. The number of ether oxygens (including phenoxy) is 3. The van der Waals surface area contributed by atoms with Crippen LogP contribution in [0.5, 0.6) is 0 Å². The van der Waals surface area contributed by atoms with E-state index in [2.05, 4.69) is 0 Å². The molecule has 156 valence electrons. The van der Waals surface area contributed by atoms with Crippen LogP contribution in [0.15, 0.2) is 11.6 Å². The maximum absolute atomic E-state index is 12.7. The first-order valence-corrected chi connectivity index (χ1v) is 9.76. The second-order valence-corrected chi connectivity index (χ2v) is 9.57. The van der Waals surface area contributed by atoms with Gasteiger partial charge in [0.15, 0.2) is 17.0 Å². The summed E-state index contributed by atoms with van der Waals surface area (Å²) in [4.78, 5) is 36.6. The summed E-state index contributed by atoms with van der Waals surface area (Å²) in [6.45, 7) is 10.7. The van der Waals surface area contributed by atoms with Gasteiger partial charge in [0.1, 0.15) is 6.10 Å². The monoisotopic (exact) mass is 394 g/mol. The van der Waals surface area contributed by atoms with Gasteiger partial charge in [-0.1, -0.05) is 13.0 Å². The molecule has 6 unspecified atom stereocenters. The highest BCUT2D eigenvalue weighted by Crippen LogP contribution is 2.55. The number of hydrogen-bond donors (Lipinski definition) is 1. The molecular weight excluding hydrogens is 364 g/mol. The third-order valence-electron chi connectivity index (χ3n) is 6.94. The summed E-state index contributed by atoms with van der Waals surface area (Å²) in [5, 5.41) is 10.4. The van der Waals surface area contributed by atoms with Gasteiger partial charge in [-0.2, -0.15) is 0 Å². The Hall–Kier alpha value is -1.73. The summed E-state index contributed by atoms with van der Waals surface area (Å²) in [6, 6.07) is 0. The van der Waals surface area contributed by atoms with Crippen molar-refractivity contribution in [3.05, 3.63) is 11.6 Å². The van der Waals surface area contributed by atoms with E-state index >= 15 is 0 Å². The normalized spacial score (nSPS) is 42.9. The number of fused-ring (bicyclic) bond motifs is 1. The van der Waals surface area contributed by atoms with Crippen LogP contribution in [0.4, 0.5) is 0 Å². The van der Waals surface area contributed by atoms with Crippen LogP contribution in [0, 0.1) is 11.3 Å². The van der Waals surface area contributed by atoms with Crippen LogP contribution in [0.2, 0.25) is 0 Å². The predicted molar refractivity (Wildman–Crippen MR) is 99.2 cm³/mol. The summed E-state index contributed by atoms with van der Waals surface area (Å²) in [7, 11) is 0. The molecule has 1 aliphatic heterocycles. The molecule has 28 heavy (non-hydrogen) atoms. The molecule has 0 spiro atoms. The Bertz CT molecular complexity index is 736. The molecule has 6 atom stereocenters. The highest BCUT2D eigenvalue weighted by Gasteiger charge is 2.62. The minimum absolute atomic E-state index is 0.108. The molecule has 0 bridgehead atoms. The first kappa shape index (κ1) is 21.0. The number of epoxide rings is 1. The number of carbonyl (C=O) groups excluding carboxylic acids is 3. The van der Waals surface area contributed by atoms with Crippen LogP contribution in [0.1, 0.15) is 60.8 Å². The van der Waals surface area contributed by atoms with Gasteiger partial charge in [-0.05, 0) is 52.9 Å². The molecule has 3 rings (SSSR count). The molecule has 1 N–H and O–H groups in total. The van der Waals surface area contributed by atoms with E-state index < -0.39 is 34.3 Å². The minimum Gasteiger partial charge on any atom is -0.457 e. The van der Waals surface area contributed by atoms with E-state index in [1.54, 1.807) is 40.7 Å². The van der Waals surface area contributed by atoms with Gasteiger partial charge in [0.05, 0.1) is 11.7 Å². The molecule has 7 heteroatoms. The van der Waals surface area contributed by atoms with Crippen LogP contribution in [0.25, 0.3) is 0 Å². The third-order valence-corrected chi connectivity index (χ3v) is 6.94. The Morgan fingerprint density at radius 3 is 2.46 bits per heavy atom. The van der Waals surface area contributed by atoms with Crippen LogP contribution < -0.4 is 0 Å². The standard InChI is InChI=1S/C21H30O7/c1-12-20(5,28-12)17(24)27-16-7-8-19(4)10-14(23)13(18(2,3)25)9-15(19)21(16,6)26-11-22/h9,11-12,15-16,25H,7-8,10H2,1-6H3. The summed E-state index contributed by atoms with van der Waals surface area (Å²) >= 11 is 0. The van der Waals surface area contributed by atoms with E-state index in [9.17, 15) is 19.5 Å². The van der Waals surface area contributed by atoms with Gasteiger partial charge in [-0.25, -0.2) is 4.79 Å². The summed E-state index contributed by atoms with van der Waals surface area (Å²) < 4.78 is 16.7. The average Bonchev–Trinajstić information content (AvgIpc) is 3.17. The Morgan fingerprint density at radius 1 is 1.36 bits per heavy atom. The molecular formula is C21H30O7. The largest absolute Gasteiger partial charge is 0.457 e. The first-order chi connectivity index (χ1) is 12.8. The number of carbonyl (C=O) groups is 3. The topological polar surface area (TPSA) is 102 Å². The molecule has 2 fully saturated rings. The molecule has 0 aromatic rings. The first-order valence-electron chi connectivity index (χ1n) is 9.76. The van der Waals surface area contributed by atoms with Crippen molar-refractivity contribution in [3.63, 3.8) is 0 Å². The second kappa shape index (κ2) is 6.39. The lowest BCUT2D eigenvalue weighted by Crippen LogP contribution is -2.61. The van der Waals surface area contributed by atoms with Crippen molar-refractivity contribution in [1.82, 2.24) is 0 Å². The number of esters is 1. The van der Waals surface area contributed by atoms with Crippen LogP contribution in [-0.4, -0.2) is 52.3 Å². The van der Waals surface area contributed by atoms with Crippen LogP contribution in [-0.2, 0) is 28.6 Å². The summed E-state index contributed by atoms with van der Waals surface area (Å²) in [5.74, 6) is -0.975. The zero-order valence-corrected chi connectivity index (χ0v) is 17.4. The van der Waals surface area contributed by atoms with E-state index in [4.69, 9.17) is 14.2 Å². The Morgan fingerprint density at radius 2 is 1.96 bits per heavy atom. The highest BCUT2D eigenvalue weighted by atomic mass is 16.7. The number of aliphatic hydroxyl groups is 1. The Balaban J connectivity index is 1.98. The molecule has 1 saturated carbocycles. The van der Waals surface area contributed by atoms with Crippen molar-refractivity contribution in [3.8, 4) is 0 Å². The van der Waals surface area contributed by atoms with Crippen molar-refractivity contribution >= 4 is 18.2 Å². The number of hydrogen-bond acceptors (Lipinski definition) is 7. The van der Waals surface area contributed by atoms with Gasteiger partial charge in [0.2, 0.25) is 0 Å². The van der Waals surface area contributed by atoms with Crippen molar-refractivity contribution in [1.29, 1.82) is 0 Å². The zero-order valence-electron chi connectivity index (χ0n) is 17.4. The zero-order chi connectivity index (χ0) is 21.1. The van der Waals surface area contributed by atoms with Gasteiger partial charge in [-0.15, -0.1) is 0 Å². The van der Waals surface area contributed by atoms with Gasteiger partial charge in [0.25, 0.3) is 6.47 Å². The van der Waals surface area contributed by atoms with E-state index in [1.165, 1.54) is 0 Å². The second-order valence-electron chi connectivity index (χ2n) is 9.57.